The van der Waals surface area contributed by atoms with Gasteiger partial charge in [0.05, 0.1) is 6.07 Å². The van der Waals surface area contributed by atoms with Crippen LogP contribution >= 0.6 is 15.9 Å². The van der Waals surface area contributed by atoms with E-state index in [1.807, 2.05) is 6.07 Å². The van der Waals surface area contributed by atoms with E-state index in [1.165, 1.54) is 19.1 Å². The molecule has 0 spiro atoms. The van der Waals surface area contributed by atoms with E-state index in [1.54, 1.807) is 0 Å². The van der Waals surface area contributed by atoms with Gasteiger partial charge in [-0.25, -0.2) is 4.98 Å². The standard InChI is InChI=1S/C11H9BrF2N2O2/c1-6(17)7(5-15)4-8-2-3-9(10(12)16-8)18-11(13)14/h2-3,7,11H,4H2,1H3. The number of alkyl halides is 2. The van der Waals surface area contributed by atoms with Gasteiger partial charge in [0, 0.05) is 12.1 Å². The fourth-order valence-corrected chi connectivity index (χ4v) is 1.70. The van der Waals surface area contributed by atoms with E-state index in [9.17, 15) is 13.6 Å². The Labute approximate surface area is 111 Å². The molecular weight excluding hydrogens is 310 g/mol. The highest BCUT2D eigenvalue weighted by atomic mass is 79.9. The largest absolute Gasteiger partial charge is 0.432 e. The van der Waals surface area contributed by atoms with Crippen LogP contribution in [-0.2, 0) is 11.2 Å². The number of nitriles is 1. The number of aromatic nitrogens is 1. The van der Waals surface area contributed by atoms with Crippen LogP contribution in [0.15, 0.2) is 16.7 Å². The van der Waals surface area contributed by atoms with Crippen molar-refractivity contribution < 1.29 is 18.3 Å². The van der Waals surface area contributed by atoms with Gasteiger partial charge in [0.15, 0.2) is 5.75 Å². The normalized spacial score (nSPS) is 12.0. The second-order valence-corrected chi connectivity index (χ2v) is 4.22. The minimum absolute atomic E-state index is 0.0925. The molecule has 7 heteroatoms. The van der Waals surface area contributed by atoms with E-state index < -0.39 is 12.5 Å². The van der Waals surface area contributed by atoms with Gasteiger partial charge in [0.2, 0.25) is 0 Å². The number of halogens is 3. The summed E-state index contributed by atoms with van der Waals surface area (Å²) in [7, 11) is 0. The summed E-state index contributed by atoms with van der Waals surface area (Å²) in [4.78, 5) is 15.0. The van der Waals surface area contributed by atoms with E-state index in [-0.39, 0.29) is 22.6 Å². The maximum atomic E-state index is 12.0. The Morgan fingerprint density at radius 3 is 2.72 bits per heavy atom. The molecule has 0 saturated heterocycles. The number of ether oxygens (including phenoxy) is 1. The van der Waals surface area contributed by atoms with Crippen LogP contribution in [0.4, 0.5) is 8.78 Å². The first kappa shape index (κ1) is 14.5. The number of carbonyl (C=O) groups excluding carboxylic acids is 1. The molecule has 1 rings (SSSR count). The van der Waals surface area contributed by atoms with Gasteiger partial charge in [-0.1, -0.05) is 0 Å². The highest BCUT2D eigenvalue weighted by molar-refractivity contribution is 9.10. The summed E-state index contributed by atoms with van der Waals surface area (Å²) in [6, 6.07) is 4.61. The maximum absolute atomic E-state index is 12.0. The molecule has 96 valence electrons. The lowest BCUT2D eigenvalue weighted by atomic mass is 10.0. The Bertz CT molecular complexity index is 488. The molecule has 0 aliphatic carbocycles. The molecule has 1 unspecified atom stereocenters. The van der Waals surface area contributed by atoms with Crippen molar-refractivity contribution in [3.63, 3.8) is 0 Å². The van der Waals surface area contributed by atoms with Gasteiger partial charge in [-0.15, -0.1) is 0 Å². The summed E-state index contributed by atoms with van der Waals surface area (Å²) in [5.74, 6) is -1.14. The van der Waals surface area contributed by atoms with Crippen LogP contribution in [0.25, 0.3) is 0 Å². The lowest BCUT2D eigenvalue weighted by Crippen LogP contribution is -2.12. The average molecular weight is 319 g/mol. The smallest absolute Gasteiger partial charge is 0.387 e. The second kappa shape index (κ2) is 6.40. The number of rotatable bonds is 5. The van der Waals surface area contributed by atoms with E-state index in [0.29, 0.717) is 5.69 Å². The van der Waals surface area contributed by atoms with Crippen LogP contribution in [0.1, 0.15) is 12.6 Å². The third kappa shape index (κ3) is 4.04. The highest BCUT2D eigenvalue weighted by Crippen LogP contribution is 2.25. The van der Waals surface area contributed by atoms with Crippen molar-refractivity contribution in [2.75, 3.05) is 0 Å². The summed E-state index contributed by atoms with van der Waals surface area (Å²) < 4.78 is 28.3. The van der Waals surface area contributed by atoms with Crippen molar-refractivity contribution >= 4 is 21.7 Å². The topological polar surface area (TPSA) is 63.0 Å². The molecule has 0 aliphatic rings. The van der Waals surface area contributed by atoms with Crippen LogP contribution in [0.2, 0.25) is 0 Å². The van der Waals surface area contributed by atoms with Crippen molar-refractivity contribution in [3.05, 3.63) is 22.4 Å². The zero-order valence-corrected chi connectivity index (χ0v) is 10.9. The van der Waals surface area contributed by atoms with Gasteiger partial charge in [-0.05, 0) is 35.0 Å². The molecule has 0 amide bonds. The third-order valence-electron chi connectivity index (χ3n) is 2.15. The number of hydrogen-bond donors (Lipinski definition) is 0. The Balaban J connectivity index is 2.85. The Hall–Kier alpha value is -1.55. The number of ketones is 1. The number of carbonyl (C=O) groups is 1. The predicted octanol–water partition coefficient (Wildman–Crippen LogP) is 2.72. The molecule has 0 aliphatic heterocycles. The summed E-state index contributed by atoms with van der Waals surface area (Å²) in [5.41, 5.74) is 0.449. The van der Waals surface area contributed by atoms with Crippen molar-refractivity contribution in [1.29, 1.82) is 5.26 Å². The Morgan fingerprint density at radius 2 is 2.28 bits per heavy atom. The fraction of sp³-hybridized carbons (Fsp3) is 0.364. The first-order chi connectivity index (χ1) is 8.43. The molecule has 4 nitrogen and oxygen atoms in total. The zero-order chi connectivity index (χ0) is 13.7. The van der Waals surface area contributed by atoms with Crippen LogP contribution in [-0.4, -0.2) is 17.4 Å². The SMILES string of the molecule is CC(=O)C(C#N)Cc1ccc(OC(F)F)c(Br)n1. The predicted molar refractivity (Wildman–Crippen MR) is 62.1 cm³/mol. The van der Waals surface area contributed by atoms with Gasteiger partial charge in [-0.3, -0.25) is 4.79 Å². The van der Waals surface area contributed by atoms with Crippen molar-refractivity contribution in [1.82, 2.24) is 4.98 Å². The molecule has 0 radical (unpaired) electrons. The lowest BCUT2D eigenvalue weighted by molar-refractivity contribution is -0.119. The summed E-state index contributed by atoms with van der Waals surface area (Å²) >= 11 is 2.99. The Morgan fingerprint density at radius 1 is 1.61 bits per heavy atom. The monoisotopic (exact) mass is 318 g/mol. The molecule has 0 bridgehead atoms. The molecule has 1 aromatic rings. The summed E-state index contributed by atoms with van der Waals surface area (Å²) in [6.45, 7) is -1.62. The van der Waals surface area contributed by atoms with Crippen LogP contribution in [0.3, 0.4) is 0 Å². The average Bonchev–Trinajstić information content (AvgIpc) is 2.28. The number of pyridine rings is 1. The minimum Gasteiger partial charge on any atom is -0.432 e. The van der Waals surface area contributed by atoms with E-state index in [2.05, 4.69) is 25.7 Å². The van der Waals surface area contributed by atoms with Crippen LogP contribution in [0.5, 0.6) is 5.75 Å². The number of hydrogen-bond acceptors (Lipinski definition) is 4. The highest BCUT2D eigenvalue weighted by Gasteiger charge is 2.16. The first-order valence-corrected chi connectivity index (χ1v) is 5.73. The van der Waals surface area contributed by atoms with Crippen LogP contribution in [0, 0.1) is 17.2 Å². The van der Waals surface area contributed by atoms with Gasteiger partial charge < -0.3 is 4.74 Å². The molecule has 0 saturated carbocycles. The first-order valence-electron chi connectivity index (χ1n) is 4.94. The zero-order valence-electron chi connectivity index (χ0n) is 9.36. The molecule has 1 heterocycles. The molecule has 0 N–H and O–H groups in total. The fourth-order valence-electron chi connectivity index (χ4n) is 1.25. The number of Topliss-reactive ketones (excluding diaryl/α,β-unsaturated/α-hetero) is 1. The van der Waals surface area contributed by atoms with E-state index in [0.717, 1.165) is 0 Å². The maximum Gasteiger partial charge on any atom is 0.387 e. The van der Waals surface area contributed by atoms with E-state index >= 15 is 0 Å². The summed E-state index contributed by atoms with van der Waals surface area (Å²) in [5, 5.41) is 8.77. The molecule has 18 heavy (non-hydrogen) atoms. The number of nitrogens with zero attached hydrogens (tertiary/aromatic N) is 2. The molecule has 1 aromatic heterocycles. The minimum atomic E-state index is -2.93. The molecule has 1 atom stereocenters. The van der Waals surface area contributed by atoms with Gasteiger partial charge in [-0.2, -0.15) is 14.0 Å². The quantitative estimate of drug-likeness (QED) is 0.783. The van der Waals surface area contributed by atoms with Gasteiger partial charge >= 0.3 is 6.61 Å². The molecule has 0 fully saturated rings. The van der Waals surface area contributed by atoms with Crippen molar-refractivity contribution in [2.24, 2.45) is 5.92 Å². The third-order valence-corrected chi connectivity index (χ3v) is 2.72. The van der Waals surface area contributed by atoms with Crippen molar-refractivity contribution in [2.45, 2.75) is 20.0 Å². The van der Waals surface area contributed by atoms with Gasteiger partial charge in [0.1, 0.15) is 16.3 Å². The lowest BCUT2D eigenvalue weighted by Gasteiger charge is -2.09. The van der Waals surface area contributed by atoms with Crippen molar-refractivity contribution in [3.8, 4) is 11.8 Å². The van der Waals surface area contributed by atoms with Crippen LogP contribution < -0.4 is 4.74 Å². The van der Waals surface area contributed by atoms with Gasteiger partial charge in [0.25, 0.3) is 0 Å². The molecule has 0 aromatic carbocycles. The summed E-state index contributed by atoms with van der Waals surface area (Å²) in [6.07, 6.45) is 0.138. The molecular formula is C11H9BrF2N2O2. The Kier molecular flexibility index (Phi) is 5.16. The van der Waals surface area contributed by atoms with E-state index in [4.69, 9.17) is 5.26 Å². The second-order valence-electron chi connectivity index (χ2n) is 3.47.